The molecule has 0 heterocycles. The molecular weight excluding hydrogens is 260 g/mol. The molecule has 3 N–H and O–H groups in total. The normalized spacial score (nSPS) is 12.9. The summed E-state index contributed by atoms with van der Waals surface area (Å²) in [6.07, 6.45) is 3.17. The zero-order valence-electron chi connectivity index (χ0n) is 11.7. The highest BCUT2D eigenvalue weighted by molar-refractivity contribution is 6.31. The van der Waals surface area contributed by atoms with Crippen molar-refractivity contribution in [3.8, 4) is 0 Å². The molecule has 0 aliphatic rings. The zero-order chi connectivity index (χ0) is 14.1. The molecule has 0 radical (unpaired) electrons. The van der Waals surface area contributed by atoms with Crippen LogP contribution in [0.1, 0.15) is 37.8 Å². The topological polar surface area (TPSA) is 49.5 Å². The third-order valence-electron chi connectivity index (χ3n) is 3.31. The van der Waals surface area contributed by atoms with Gasteiger partial charge in [0.05, 0.1) is 6.61 Å². The third kappa shape index (κ3) is 5.91. The van der Waals surface area contributed by atoms with E-state index in [0.717, 1.165) is 43.1 Å². The Morgan fingerprint density at radius 3 is 2.63 bits per heavy atom. The molecular formula is C15H25ClN2O. The molecule has 0 bridgehead atoms. The van der Waals surface area contributed by atoms with E-state index in [0.29, 0.717) is 0 Å². The number of aliphatic hydroxyl groups excluding tert-OH is 1. The summed E-state index contributed by atoms with van der Waals surface area (Å²) in [5, 5.41) is 9.80. The standard InChI is InChI=1S/C15H25ClN2O/c1-2-3-9-18(11-12-19)10-8-15(17)13-6-4-5-7-14(13)16/h4-7,15,19H,2-3,8-12,17H2,1H3. The summed E-state index contributed by atoms with van der Waals surface area (Å²) in [6.45, 7) is 5.01. The van der Waals surface area contributed by atoms with Crippen LogP contribution >= 0.6 is 11.6 Å². The monoisotopic (exact) mass is 284 g/mol. The van der Waals surface area contributed by atoms with E-state index in [-0.39, 0.29) is 12.6 Å². The third-order valence-corrected chi connectivity index (χ3v) is 3.65. The average molecular weight is 285 g/mol. The van der Waals surface area contributed by atoms with E-state index in [4.69, 9.17) is 22.4 Å². The Morgan fingerprint density at radius 2 is 2.00 bits per heavy atom. The number of hydrogen-bond acceptors (Lipinski definition) is 3. The van der Waals surface area contributed by atoms with Gasteiger partial charge in [-0.15, -0.1) is 0 Å². The Kier molecular flexibility index (Phi) is 8.07. The minimum atomic E-state index is -0.0449. The van der Waals surface area contributed by atoms with Gasteiger partial charge in [-0.25, -0.2) is 0 Å². The molecule has 3 nitrogen and oxygen atoms in total. The van der Waals surface area contributed by atoms with Crippen molar-refractivity contribution < 1.29 is 5.11 Å². The van der Waals surface area contributed by atoms with Crippen molar-refractivity contribution in [1.82, 2.24) is 4.90 Å². The molecule has 4 heteroatoms. The zero-order valence-corrected chi connectivity index (χ0v) is 12.4. The number of nitrogens with zero attached hydrogens (tertiary/aromatic N) is 1. The van der Waals surface area contributed by atoms with Crippen LogP contribution in [-0.4, -0.2) is 36.2 Å². The first-order valence-corrected chi connectivity index (χ1v) is 7.40. The Morgan fingerprint density at radius 1 is 1.26 bits per heavy atom. The summed E-state index contributed by atoms with van der Waals surface area (Å²) in [5.74, 6) is 0. The predicted octanol–water partition coefficient (Wildman–Crippen LogP) is 2.82. The summed E-state index contributed by atoms with van der Waals surface area (Å²) in [7, 11) is 0. The minimum Gasteiger partial charge on any atom is -0.395 e. The predicted molar refractivity (Wildman–Crippen MR) is 81.4 cm³/mol. The molecule has 108 valence electrons. The minimum absolute atomic E-state index is 0.0449. The summed E-state index contributed by atoms with van der Waals surface area (Å²) < 4.78 is 0. The summed E-state index contributed by atoms with van der Waals surface area (Å²) in [5.41, 5.74) is 7.20. The van der Waals surface area contributed by atoms with Crippen molar-refractivity contribution in [3.63, 3.8) is 0 Å². The SMILES string of the molecule is CCCCN(CCO)CCC(N)c1ccccc1Cl. The number of halogens is 1. The van der Waals surface area contributed by atoms with Crippen LogP contribution in [0.4, 0.5) is 0 Å². The number of benzene rings is 1. The van der Waals surface area contributed by atoms with Crippen molar-refractivity contribution in [2.75, 3.05) is 26.2 Å². The van der Waals surface area contributed by atoms with Gasteiger partial charge in [-0.2, -0.15) is 0 Å². The molecule has 1 unspecified atom stereocenters. The smallest absolute Gasteiger partial charge is 0.0558 e. The highest BCUT2D eigenvalue weighted by Crippen LogP contribution is 2.23. The maximum atomic E-state index is 9.07. The maximum absolute atomic E-state index is 9.07. The van der Waals surface area contributed by atoms with E-state index in [1.165, 1.54) is 6.42 Å². The Bertz CT molecular complexity index is 360. The van der Waals surface area contributed by atoms with Gasteiger partial charge in [0.15, 0.2) is 0 Å². The fraction of sp³-hybridized carbons (Fsp3) is 0.600. The molecule has 0 saturated carbocycles. The van der Waals surface area contributed by atoms with Gasteiger partial charge < -0.3 is 15.7 Å². The van der Waals surface area contributed by atoms with Gasteiger partial charge in [-0.05, 0) is 31.0 Å². The summed E-state index contributed by atoms with van der Waals surface area (Å²) >= 11 is 6.15. The Labute approximate surface area is 121 Å². The van der Waals surface area contributed by atoms with Gasteiger partial charge in [0.1, 0.15) is 0 Å². The number of hydrogen-bond donors (Lipinski definition) is 2. The van der Waals surface area contributed by atoms with E-state index in [9.17, 15) is 0 Å². The first kappa shape index (κ1) is 16.4. The lowest BCUT2D eigenvalue weighted by Crippen LogP contribution is -2.31. The van der Waals surface area contributed by atoms with E-state index < -0.39 is 0 Å². The van der Waals surface area contributed by atoms with Crippen LogP contribution < -0.4 is 5.73 Å². The van der Waals surface area contributed by atoms with Crippen molar-refractivity contribution in [3.05, 3.63) is 34.9 Å². The molecule has 1 atom stereocenters. The number of nitrogens with two attached hydrogens (primary N) is 1. The van der Waals surface area contributed by atoms with Crippen LogP contribution in [0.5, 0.6) is 0 Å². The van der Waals surface area contributed by atoms with Crippen molar-refractivity contribution >= 4 is 11.6 Å². The molecule has 0 aromatic heterocycles. The van der Waals surface area contributed by atoms with Crippen LogP contribution in [0.15, 0.2) is 24.3 Å². The number of rotatable bonds is 9. The second-order valence-corrected chi connectivity index (χ2v) is 5.24. The second-order valence-electron chi connectivity index (χ2n) is 4.84. The van der Waals surface area contributed by atoms with E-state index in [2.05, 4.69) is 11.8 Å². The van der Waals surface area contributed by atoms with Crippen LogP contribution in [0.25, 0.3) is 0 Å². The van der Waals surface area contributed by atoms with Gasteiger partial charge in [-0.1, -0.05) is 43.1 Å². The van der Waals surface area contributed by atoms with Gasteiger partial charge in [0, 0.05) is 24.2 Å². The first-order valence-electron chi connectivity index (χ1n) is 7.02. The number of aliphatic hydroxyl groups is 1. The van der Waals surface area contributed by atoms with Crippen molar-refractivity contribution in [2.24, 2.45) is 5.73 Å². The largest absolute Gasteiger partial charge is 0.395 e. The second kappa shape index (κ2) is 9.32. The van der Waals surface area contributed by atoms with Crippen LogP contribution in [0.3, 0.4) is 0 Å². The van der Waals surface area contributed by atoms with Crippen molar-refractivity contribution in [2.45, 2.75) is 32.2 Å². The highest BCUT2D eigenvalue weighted by atomic mass is 35.5. The maximum Gasteiger partial charge on any atom is 0.0558 e. The molecule has 1 rings (SSSR count). The highest BCUT2D eigenvalue weighted by Gasteiger charge is 2.11. The van der Waals surface area contributed by atoms with Gasteiger partial charge in [0.25, 0.3) is 0 Å². The van der Waals surface area contributed by atoms with E-state index in [1.807, 2.05) is 24.3 Å². The van der Waals surface area contributed by atoms with Crippen LogP contribution in [-0.2, 0) is 0 Å². The fourth-order valence-corrected chi connectivity index (χ4v) is 2.39. The van der Waals surface area contributed by atoms with Crippen LogP contribution in [0, 0.1) is 0 Å². The fourth-order valence-electron chi connectivity index (χ4n) is 2.11. The quantitative estimate of drug-likeness (QED) is 0.733. The van der Waals surface area contributed by atoms with E-state index in [1.54, 1.807) is 0 Å². The van der Waals surface area contributed by atoms with Crippen molar-refractivity contribution in [1.29, 1.82) is 0 Å². The average Bonchev–Trinajstić information content (AvgIpc) is 2.42. The molecule has 0 amide bonds. The summed E-state index contributed by atoms with van der Waals surface area (Å²) in [4.78, 5) is 2.26. The molecule has 1 aromatic carbocycles. The number of unbranched alkanes of at least 4 members (excludes halogenated alkanes) is 1. The van der Waals surface area contributed by atoms with Gasteiger partial charge in [-0.3, -0.25) is 0 Å². The molecule has 19 heavy (non-hydrogen) atoms. The lowest BCUT2D eigenvalue weighted by atomic mass is 10.0. The molecule has 0 fully saturated rings. The molecule has 0 aliphatic carbocycles. The lowest BCUT2D eigenvalue weighted by molar-refractivity contribution is 0.189. The first-order chi connectivity index (χ1) is 9.19. The molecule has 1 aromatic rings. The van der Waals surface area contributed by atoms with Gasteiger partial charge >= 0.3 is 0 Å². The Hall–Kier alpha value is -0.610. The van der Waals surface area contributed by atoms with Crippen LogP contribution in [0.2, 0.25) is 5.02 Å². The van der Waals surface area contributed by atoms with E-state index >= 15 is 0 Å². The lowest BCUT2D eigenvalue weighted by Gasteiger charge is -2.23. The molecule has 0 saturated heterocycles. The molecule has 0 spiro atoms. The Balaban J connectivity index is 2.47. The van der Waals surface area contributed by atoms with Gasteiger partial charge in [0.2, 0.25) is 0 Å². The summed E-state index contributed by atoms with van der Waals surface area (Å²) in [6, 6.07) is 7.69. The molecule has 0 aliphatic heterocycles.